The highest BCUT2D eigenvalue weighted by atomic mass is 16.8. The maximum atomic E-state index is 12.2. The van der Waals surface area contributed by atoms with Crippen LogP contribution < -0.4 is 0 Å². The first-order chi connectivity index (χ1) is 13.0. The molecule has 1 aliphatic carbocycles. The summed E-state index contributed by atoms with van der Waals surface area (Å²) in [5, 5.41) is 1.09. The van der Waals surface area contributed by atoms with Crippen LogP contribution in [0.4, 0.5) is 0 Å². The fourth-order valence-corrected chi connectivity index (χ4v) is 5.31. The summed E-state index contributed by atoms with van der Waals surface area (Å²) >= 11 is 0. The van der Waals surface area contributed by atoms with Gasteiger partial charge in [-0.05, 0) is 30.0 Å². The second-order valence-electron chi connectivity index (χ2n) is 7.90. The van der Waals surface area contributed by atoms with Crippen LogP contribution in [0.15, 0.2) is 60.8 Å². The number of hydrogen-bond donors (Lipinski definition) is 0. The lowest BCUT2D eigenvalue weighted by Gasteiger charge is -2.31. The van der Waals surface area contributed by atoms with Gasteiger partial charge in [0.05, 0.1) is 10.9 Å². The van der Waals surface area contributed by atoms with Crippen LogP contribution in [0.1, 0.15) is 42.6 Å². The normalized spacial score (nSPS) is 31.8. The van der Waals surface area contributed by atoms with E-state index in [4.69, 9.17) is 9.47 Å². The fourth-order valence-electron chi connectivity index (χ4n) is 5.31. The first-order valence-corrected chi connectivity index (χ1v) is 9.41. The van der Waals surface area contributed by atoms with Gasteiger partial charge in [-0.2, -0.15) is 0 Å². The van der Waals surface area contributed by atoms with E-state index in [9.17, 15) is 4.79 Å². The third kappa shape index (κ3) is 1.87. The summed E-state index contributed by atoms with van der Waals surface area (Å²) in [6.45, 7) is 3.81. The largest absolute Gasteiger partial charge is 0.350 e. The Morgan fingerprint density at radius 2 is 1.78 bits per heavy atom. The van der Waals surface area contributed by atoms with Gasteiger partial charge in [-0.25, -0.2) is 0 Å². The molecule has 0 N–H and O–H groups in total. The monoisotopic (exact) mass is 361 g/mol. The molecule has 1 saturated carbocycles. The smallest absolute Gasteiger partial charge is 0.227 e. The number of nitrogens with zero attached hydrogens (tertiary/aromatic N) is 1. The summed E-state index contributed by atoms with van der Waals surface area (Å²) < 4.78 is 14.3. The van der Waals surface area contributed by atoms with Gasteiger partial charge in [-0.15, -0.1) is 0 Å². The van der Waals surface area contributed by atoms with Gasteiger partial charge in [0.15, 0.2) is 5.60 Å². The summed E-state index contributed by atoms with van der Waals surface area (Å²) in [4.78, 5) is 12.2. The van der Waals surface area contributed by atoms with Crippen LogP contribution in [0, 0.1) is 0 Å². The van der Waals surface area contributed by atoms with Gasteiger partial charge in [-0.3, -0.25) is 9.36 Å². The SMILES string of the molecule is CO[C@@]12O[C@]1(c1ccccc1)CC[C@@]2(C)c1cn(C(C)=O)c2ccccc12. The number of aromatic nitrogens is 1. The molecule has 138 valence electrons. The lowest BCUT2D eigenvalue weighted by Crippen LogP contribution is -2.40. The Balaban J connectivity index is 1.71. The quantitative estimate of drug-likeness (QED) is 0.639. The summed E-state index contributed by atoms with van der Waals surface area (Å²) in [5.74, 6) is -0.704. The molecule has 2 aromatic carbocycles. The number of ether oxygens (including phenoxy) is 2. The van der Waals surface area contributed by atoms with Gasteiger partial charge in [0.1, 0.15) is 0 Å². The molecule has 4 nitrogen and oxygen atoms in total. The van der Waals surface area contributed by atoms with Crippen LogP contribution in [0.5, 0.6) is 0 Å². The number of carbonyl (C=O) groups excluding carboxylic acids is 1. The fraction of sp³-hybridized carbons (Fsp3) is 0.348. The Bertz CT molecular complexity index is 1060. The second kappa shape index (κ2) is 5.31. The molecule has 2 aliphatic rings. The van der Waals surface area contributed by atoms with Crippen molar-refractivity contribution in [1.29, 1.82) is 0 Å². The van der Waals surface area contributed by atoms with Gasteiger partial charge >= 0.3 is 0 Å². The zero-order valence-electron chi connectivity index (χ0n) is 15.9. The van der Waals surface area contributed by atoms with E-state index in [0.29, 0.717) is 0 Å². The number of carbonyl (C=O) groups is 1. The van der Waals surface area contributed by atoms with E-state index in [-0.39, 0.29) is 11.3 Å². The standard InChI is InChI=1S/C23H23NO3/c1-16(25)24-15-19(18-11-7-8-12-20(18)24)21(2)13-14-22(23(21,26-3)27-22)17-9-5-4-6-10-17/h4-12,15H,13-14H2,1-3H3/t21-,22-,23-/m0/s1. The van der Waals surface area contributed by atoms with Gasteiger partial charge in [0.2, 0.25) is 11.7 Å². The third-order valence-corrected chi connectivity index (χ3v) is 6.68. The molecule has 0 unspecified atom stereocenters. The Labute approximate surface area is 158 Å². The molecule has 3 atom stereocenters. The van der Waals surface area contributed by atoms with Crippen molar-refractivity contribution < 1.29 is 14.3 Å². The Morgan fingerprint density at radius 1 is 1.07 bits per heavy atom. The molecule has 5 rings (SSSR count). The van der Waals surface area contributed by atoms with E-state index >= 15 is 0 Å². The van der Waals surface area contributed by atoms with Gasteiger partial charge in [-0.1, -0.05) is 55.5 Å². The molecule has 27 heavy (non-hydrogen) atoms. The molecular formula is C23H23NO3. The lowest BCUT2D eigenvalue weighted by molar-refractivity contribution is -0.0657. The van der Waals surface area contributed by atoms with E-state index in [1.165, 1.54) is 0 Å². The van der Waals surface area contributed by atoms with E-state index in [2.05, 4.69) is 25.1 Å². The maximum Gasteiger partial charge on any atom is 0.227 e. The summed E-state index contributed by atoms with van der Waals surface area (Å²) in [7, 11) is 1.73. The van der Waals surface area contributed by atoms with E-state index in [0.717, 1.165) is 34.9 Å². The van der Waals surface area contributed by atoms with Crippen LogP contribution in [0.3, 0.4) is 0 Å². The van der Waals surface area contributed by atoms with Gasteiger partial charge in [0.25, 0.3) is 0 Å². The predicted octanol–water partition coefficient (Wildman–Crippen LogP) is 4.62. The zero-order valence-corrected chi connectivity index (χ0v) is 15.9. The van der Waals surface area contributed by atoms with Crippen molar-refractivity contribution >= 4 is 16.8 Å². The van der Waals surface area contributed by atoms with E-state index in [1.54, 1.807) is 18.6 Å². The number of methoxy groups -OCH3 is 1. The molecule has 3 aromatic rings. The Hall–Kier alpha value is -2.43. The first-order valence-electron chi connectivity index (χ1n) is 9.41. The maximum absolute atomic E-state index is 12.2. The van der Waals surface area contributed by atoms with Crippen LogP contribution in [0.2, 0.25) is 0 Å². The number of fused-ring (bicyclic) bond motifs is 2. The summed E-state index contributed by atoms with van der Waals surface area (Å²) in [5.41, 5.74) is 2.44. The third-order valence-electron chi connectivity index (χ3n) is 6.68. The summed E-state index contributed by atoms with van der Waals surface area (Å²) in [6.07, 6.45) is 3.80. The Kier molecular flexibility index (Phi) is 3.29. The molecule has 0 amide bonds. The highest BCUT2D eigenvalue weighted by Gasteiger charge is 2.83. The minimum Gasteiger partial charge on any atom is -0.350 e. The number of para-hydroxylation sites is 1. The van der Waals surface area contributed by atoms with Crippen LogP contribution >= 0.6 is 0 Å². The molecule has 4 heteroatoms. The average molecular weight is 361 g/mol. The molecule has 0 spiro atoms. The Morgan fingerprint density at radius 3 is 2.48 bits per heavy atom. The lowest BCUT2D eigenvalue weighted by atomic mass is 9.76. The molecule has 0 bridgehead atoms. The number of hydrogen-bond acceptors (Lipinski definition) is 3. The summed E-state index contributed by atoms with van der Waals surface area (Å²) in [6, 6.07) is 18.4. The number of benzene rings is 2. The number of epoxide rings is 1. The predicted molar refractivity (Wildman–Crippen MR) is 104 cm³/mol. The molecule has 1 saturated heterocycles. The second-order valence-corrected chi connectivity index (χ2v) is 7.90. The zero-order chi connectivity index (χ0) is 18.9. The molecule has 2 heterocycles. The minimum absolute atomic E-state index is 0.0107. The van der Waals surface area contributed by atoms with Crippen molar-refractivity contribution in [2.45, 2.75) is 43.5 Å². The van der Waals surface area contributed by atoms with Crippen LogP contribution in [0.25, 0.3) is 10.9 Å². The van der Waals surface area contributed by atoms with Crippen molar-refractivity contribution in [3.63, 3.8) is 0 Å². The molecule has 1 aromatic heterocycles. The van der Waals surface area contributed by atoms with Crippen molar-refractivity contribution in [2.24, 2.45) is 0 Å². The van der Waals surface area contributed by atoms with Crippen molar-refractivity contribution in [3.8, 4) is 0 Å². The van der Waals surface area contributed by atoms with Gasteiger partial charge in [0, 0.05) is 25.6 Å². The molecule has 1 aliphatic heterocycles. The van der Waals surface area contributed by atoms with Crippen molar-refractivity contribution in [2.75, 3.05) is 7.11 Å². The van der Waals surface area contributed by atoms with Crippen LogP contribution in [-0.4, -0.2) is 23.4 Å². The first kappa shape index (κ1) is 16.7. The highest BCUT2D eigenvalue weighted by molar-refractivity contribution is 5.94. The van der Waals surface area contributed by atoms with E-state index < -0.39 is 11.4 Å². The topological polar surface area (TPSA) is 43.8 Å². The highest BCUT2D eigenvalue weighted by Crippen LogP contribution is 2.73. The minimum atomic E-state index is -0.715. The van der Waals surface area contributed by atoms with Crippen molar-refractivity contribution in [3.05, 3.63) is 71.9 Å². The van der Waals surface area contributed by atoms with Gasteiger partial charge < -0.3 is 9.47 Å². The number of rotatable bonds is 3. The molecular weight excluding hydrogens is 338 g/mol. The van der Waals surface area contributed by atoms with Crippen LogP contribution in [-0.2, 0) is 20.5 Å². The van der Waals surface area contributed by atoms with E-state index in [1.807, 2.05) is 42.6 Å². The molecule has 0 radical (unpaired) electrons. The average Bonchev–Trinajstić information content (AvgIpc) is 3.11. The van der Waals surface area contributed by atoms with Crippen molar-refractivity contribution in [1.82, 2.24) is 4.57 Å². The molecule has 2 fully saturated rings.